The maximum absolute atomic E-state index is 6.15. The molecule has 0 aliphatic carbocycles. The Morgan fingerprint density at radius 2 is 1.79 bits per heavy atom. The lowest BCUT2D eigenvalue weighted by atomic mass is 10.0. The largest absolute Gasteiger partial charge is 0.368 e. The molecule has 0 bridgehead atoms. The number of hydrogen-bond acceptors (Lipinski definition) is 1. The third-order valence-corrected chi connectivity index (χ3v) is 4.24. The molecule has 0 amide bonds. The lowest BCUT2D eigenvalue weighted by Gasteiger charge is -2.18. The van der Waals surface area contributed by atoms with E-state index in [4.69, 9.17) is 16.3 Å². The van der Waals surface area contributed by atoms with Gasteiger partial charge in [0.25, 0.3) is 0 Å². The van der Waals surface area contributed by atoms with Gasteiger partial charge in [0.15, 0.2) is 0 Å². The fourth-order valence-electron chi connectivity index (χ4n) is 1.97. The van der Waals surface area contributed by atoms with Crippen molar-refractivity contribution >= 4 is 34.2 Å². The average Bonchev–Trinajstić information content (AvgIpc) is 2.43. The molecular weight excluding hydrogens is 371 g/mol. The highest BCUT2D eigenvalue weighted by molar-refractivity contribution is 14.1. The number of aryl methyl sites for hydroxylation is 1. The van der Waals surface area contributed by atoms with Gasteiger partial charge in [0.05, 0.1) is 12.7 Å². The molecule has 2 rings (SSSR count). The summed E-state index contributed by atoms with van der Waals surface area (Å²) in [5.41, 5.74) is 3.56. The fraction of sp³-hybridized carbons (Fsp3) is 0.250. The van der Waals surface area contributed by atoms with Crippen LogP contribution >= 0.6 is 34.2 Å². The van der Waals surface area contributed by atoms with Gasteiger partial charge in [0.1, 0.15) is 0 Å². The molecule has 0 N–H and O–H groups in total. The minimum Gasteiger partial charge on any atom is -0.368 e. The summed E-state index contributed by atoms with van der Waals surface area (Å²) in [5, 5.41) is 0.763. The number of rotatable bonds is 5. The highest BCUT2D eigenvalue weighted by Gasteiger charge is 2.13. The highest BCUT2D eigenvalue weighted by atomic mass is 127. The standard InChI is InChI=1S/C16H16ClIO/c1-12-6-2-4-8-14(12)16(10-18)19-11-13-7-3-5-9-15(13)17/h2-9,16H,10-11H2,1H3. The molecule has 0 aliphatic heterocycles. The molecule has 0 saturated carbocycles. The van der Waals surface area contributed by atoms with Crippen molar-refractivity contribution in [2.24, 2.45) is 0 Å². The number of ether oxygens (including phenoxy) is 1. The van der Waals surface area contributed by atoms with Gasteiger partial charge >= 0.3 is 0 Å². The molecule has 2 aromatic rings. The molecule has 0 radical (unpaired) electrons. The maximum Gasteiger partial charge on any atom is 0.0921 e. The van der Waals surface area contributed by atoms with Crippen molar-refractivity contribution in [3.05, 3.63) is 70.2 Å². The van der Waals surface area contributed by atoms with Gasteiger partial charge in [-0.05, 0) is 29.7 Å². The second-order valence-corrected chi connectivity index (χ2v) is 5.69. The summed E-state index contributed by atoms with van der Waals surface area (Å²) in [5.74, 6) is 0. The quantitative estimate of drug-likeness (QED) is 0.498. The summed E-state index contributed by atoms with van der Waals surface area (Å²) in [6.07, 6.45) is 0.109. The van der Waals surface area contributed by atoms with Crippen molar-refractivity contribution in [2.45, 2.75) is 19.6 Å². The lowest BCUT2D eigenvalue weighted by Crippen LogP contribution is -2.07. The minimum absolute atomic E-state index is 0.109. The molecule has 0 saturated heterocycles. The predicted molar refractivity (Wildman–Crippen MR) is 89.0 cm³/mol. The van der Waals surface area contributed by atoms with Gasteiger partial charge < -0.3 is 4.74 Å². The number of halogens is 2. The Morgan fingerprint density at radius 1 is 1.11 bits per heavy atom. The summed E-state index contributed by atoms with van der Waals surface area (Å²) in [4.78, 5) is 0. The van der Waals surface area contributed by atoms with Crippen LogP contribution in [-0.2, 0) is 11.3 Å². The van der Waals surface area contributed by atoms with Crippen LogP contribution in [0.15, 0.2) is 48.5 Å². The van der Waals surface area contributed by atoms with E-state index >= 15 is 0 Å². The molecule has 0 aliphatic rings. The number of alkyl halides is 1. The van der Waals surface area contributed by atoms with E-state index < -0.39 is 0 Å². The monoisotopic (exact) mass is 386 g/mol. The molecule has 3 heteroatoms. The molecular formula is C16H16ClIO. The second kappa shape index (κ2) is 7.27. The second-order valence-electron chi connectivity index (χ2n) is 4.40. The van der Waals surface area contributed by atoms with Gasteiger partial charge in [-0.2, -0.15) is 0 Å². The normalized spacial score (nSPS) is 12.4. The van der Waals surface area contributed by atoms with Crippen LogP contribution in [0.2, 0.25) is 5.02 Å². The molecule has 0 aromatic heterocycles. The minimum atomic E-state index is 0.109. The van der Waals surface area contributed by atoms with Crippen LogP contribution in [0, 0.1) is 6.92 Å². The van der Waals surface area contributed by atoms with E-state index in [-0.39, 0.29) is 6.10 Å². The van der Waals surface area contributed by atoms with Crippen LogP contribution in [0.3, 0.4) is 0 Å². The van der Waals surface area contributed by atoms with Crippen LogP contribution in [0.25, 0.3) is 0 Å². The molecule has 2 aromatic carbocycles. The summed E-state index contributed by atoms with van der Waals surface area (Å²) in [7, 11) is 0. The third kappa shape index (κ3) is 3.94. The highest BCUT2D eigenvalue weighted by Crippen LogP contribution is 2.26. The van der Waals surface area contributed by atoms with Crippen molar-refractivity contribution < 1.29 is 4.74 Å². The van der Waals surface area contributed by atoms with Crippen LogP contribution in [0.5, 0.6) is 0 Å². The van der Waals surface area contributed by atoms with E-state index in [0.29, 0.717) is 6.61 Å². The van der Waals surface area contributed by atoms with E-state index in [1.807, 2.05) is 24.3 Å². The van der Waals surface area contributed by atoms with Gasteiger partial charge in [-0.15, -0.1) is 0 Å². The van der Waals surface area contributed by atoms with Crippen LogP contribution in [-0.4, -0.2) is 4.43 Å². The van der Waals surface area contributed by atoms with Gasteiger partial charge in [-0.1, -0.05) is 76.7 Å². The number of hydrogen-bond donors (Lipinski definition) is 0. The SMILES string of the molecule is Cc1ccccc1C(CI)OCc1ccccc1Cl. The fourth-order valence-corrected chi connectivity index (χ4v) is 2.89. The molecule has 1 unspecified atom stereocenters. The van der Waals surface area contributed by atoms with Crippen LogP contribution in [0.1, 0.15) is 22.8 Å². The van der Waals surface area contributed by atoms with Gasteiger partial charge in [-0.3, -0.25) is 0 Å². The van der Waals surface area contributed by atoms with E-state index in [1.54, 1.807) is 0 Å². The summed E-state index contributed by atoms with van der Waals surface area (Å²) >= 11 is 8.51. The predicted octanol–water partition coefficient (Wildman–Crippen LogP) is 5.34. The third-order valence-electron chi connectivity index (χ3n) is 3.07. The van der Waals surface area contributed by atoms with E-state index in [1.165, 1.54) is 11.1 Å². The molecule has 0 heterocycles. The Kier molecular flexibility index (Phi) is 5.67. The van der Waals surface area contributed by atoms with Crippen molar-refractivity contribution in [1.29, 1.82) is 0 Å². The first kappa shape index (κ1) is 14.8. The number of benzene rings is 2. The Labute approximate surface area is 133 Å². The van der Waals surface area contributed by atoms with Crippen molar-refractivity contribution in [1.82, 2.24) is 0 Å². The molecule has 0 spiro atoms. The Hall–Kier alpha value is -0.580. The van der Waals surface area contributed by atoms with E-state index in [2.05, 4.69) is 53.8 Å². The topological polar surface area (TPSA) is 9.23 Å². The summed E-state index contributed by atoms with van der Waals surface area (Å²) in [6, 6.07) is 16.2. The molecule has 0 fully saturated rings. The maximum atomic E-state index is 6.15. The summed E-state index contributed by atoms with van der Waals surface area (Å²) in [6.45, 7) is 2.66. The van der Waals surface area contributed by atoms with Gasteiger partial charge in [0, 0.05) is 9.45 Å². The zero-order chi connectivity index (χ0) is 13.7. The zero-order valence-corrected chi connectivity index (χ0v) is 13.7. The Balaban J connectivity index is 2.09. The first-order valence-electron chi connectivity index (χ1n) is 6.19. The molecule has 1 atom stereocenters. The first-order chi connectivity index (χ1) is 9.22. The Morgan fingerprint density at radius 3 is 2.47 bits per heavy atom. The van der Waals surface area contributed by atoms with Gasteiger partial charge in [0.2, 0.25) is 0 Å². The van der Waals surface area contributed by atoms with Crippen molar-refractivity contribution in [3.8, 4) is 0 Å². The molecule has 1 nitrogen and oxygen atoms in total. The lowest BCUT2D eigenvalue weighted by molar-refractivity contribution is 0.0574. The molecule has 19 heavy (non-hydrogen) atoms. The first-order valence-corrected chi connectivity index (χ1v) is 8.09. The summed E-state index contributed by atoms with van der Waals surface area (Å²) < 4.78 is 6.96. The smallest absolute Gasteiger partial charge is 0.0921 e. The molecule has 100 valence electrons. The Bertz CT molecular complexity index is 542. The van der Waals surface area contributed by atoms with Gasteiger partial charge in [-0.25, -0.2) is 0 Å². The average molecular weight is 387 g/mol. The zero-order valence-electron chi connectivity index (χ0n) is 10.8. The van der Waals surface area contributed by atoms with Crippen LogP contribution in [0.4, 0.5) is 0 Å². The van der Waals surface area contributed by atoms with E-state index in [9.17, 15) is 0 Å². The van der Waals surface area contributed by atoms with Crippen molar-refractivity contribution in [2.75, 3.05) is 4.43 Å². The van der Waals surface area contributed by atoms with E-state index in [0.717, 1.165) is 15.0 Å². The van der Waals surface area contributed by atoms with Crippen molar-refractivity contribution in [3.63, 3.8) is 0 Å². The van der Waals surface area contributed by atoms with Crippen LogP contribution < -0.4 is 0 Å².